The Bertz CT molecular complexity index is 473. The van der Waals surface area contributed by atoms with Gasteiger partial charge in [-0.15, -0.1) is 0 Å². The molecule has 18 heavy (non-hydrogen) atoms. The number of hydrogen-bond donors (Lipinski definition) is 1. The van der Waals surface area contributed by atoms with Crippen LogP contribution >= 0.6 is 15.9 Å². The molecule has 0 saturated carbocycles. The first-order valence-electron chi connectivity index (χ1n) is 6.40. The standard InChI is InChI=1S/C14H17BrN2O/c1-9-4-12(2-3-13(9)15)17-7-10-5-16-6-11(8-17)14(10)18/h2-4,10-11,16H,5-8H2,1H3. The van der Waals surface area contributed by atoms with E-state index in [1.165, 1.54) is 11.3 Å². The maximum atomic E-state index is 12.0. The van der Waals surface area contributed by atoms with Gasteiger partial charge in [-0.2, -0.15) is 0 Å². The van der Waals surface area contributed by atoms with Crippen LogP contribution in [0.3, 0.4) is 0 Å². The highest BCUT2D eigenvalue weighted by atomic mass is 79.9. The molecule has 0 aliphatic carbocycles. The van der Waals surface area contributed by atoms with Gasteiger partial charge in [-0.3, -0.25) is 4.79 Å². The third-order valence-electron chi connectivity index (χ3n) is 3.97. The number of nitrogens with zero attached hydrogens (tertiary/aromatic N) is 1. The lowest BCUT2D eigenvalue weighted by molar-refractivity contribution is -0.129. The number of benzene rings is 1. The SMILES string of the molecule is Cc1cc(N2CC3CNCC(C2)C3=O)ccc1Br. The smallest absolute Gasteiger partial charge is 0.145 e. The zero-order chi connectivity index (χ0) is 12.7. The van der Waals surface area contributed by atoms with Crippen molar-refractivity contribution in [3.8, 4) is 0 Å². The van der Waals surface area contributed by atoms with Crippen LogP contribution in [0.25, 0.3) is 0 Å². The lowest BCUT2D eigenvalue weighted by Crippen LogP contribution is -2.57. The van der Waals surface area contributed by atoms with Crippen molar-refractivity contribution in [2.24, 2.45) is 11.8 Å². The average molecular weight is 309 g/mol. The minimum atomic E-state index is 0.168. The van der Waals surface area contributed by atoms with E-state index >= 15 is 0 Å². The third-order valence-corrected chi connectivity index (χ3v) is 4.86. The number of hydrogen-bond acceptors (Lipinski definition) is 3. The highest BCUT2D eigenvalue weighted by molar-refractivity contribution is 9.10. The van der Waals surface area contributed by atoms with Crippen molar-refractivity contribution in [3.05, 3.63) is 28.2 Å². The summed E-state index contributed by atoms with van der Waals surface area (Å²) in [7, 11) is 0. The van der Waals surface area contributed by atoms with E-state index in [1.807, 2.05) is 0 Å². The first kappa shape index (κ1) is 12.2. The van der Waals surface area contributed by atoms with Crippen molar-refractivity contribution in [3.63, 3.8) is 0 Å². The van der Waals surface area contributed by atoms with Gasteiger partial charge in [0.2, 0.25) is 0 Å². The molecule has 1 aromatic rings. The van der Waals surface area contributed by atoms with Gasteiger partial charge < -0.3 is 10.2 Å². The summed E-state index contributed by atoms with van der Waals surface area (Å²) < 4.78 is 1.14. The predicted octanol–water partition coefficient (Wildman–Crippen LogP) is 1.98. The number of ketones is 1. The molecule has 4 heteroatoms. The van der Waals surface area contributed by atoms with Crippen molar-refractivity contribution in [1.29, 1.82) is 0 Å². The van der Waals surface area contributed by atoms with E-state index in [4.69, 9.17) is 0 Å². The molecule has 2 fully saturated rings. The molecule has 0 aromatic heterocycles. The van der Waals surface area contributed by atoms with Gasteiger partial charge in [-0.25, -0.2) is 0 Å². The molecule has 0 amide bonds. The molecular formula is C14H17BrN2O. The third kappa shape index (κ3) is 2.08. The van der Waals surface area contributed by atoms with Crippen molar-refractivity contribution in [2.75, 3.05) is 31.1 Å². The molecule has 2 aliphatic heterocycles. The molecule has 3 rings (SSSR count). The normalized spacial score (nSPS) is 27.4. The number of nitrogens with one attached hydrogen (secondary N) is 1. The second-order valence-corrected chi connectivity index (χ2v) is 6.15. The van der Waals surface area contributed by atoms with E-state index < -0.39 is 0 Å². The first-order valence-corrected chi connectivity index (χ1v) is 7.20. The molecule has 2 unspecified atom stereocenters. The monoisotopic (exact) mass is 308 g/mol. The van der Waals surface area contributed by atoms with E-state index in [1.54, 1.807) is 0 Å². The van der Waals surface area contributed by atoms with E-state index in [-0.39, 0.29) is 11.8 Å². The van der Waals surface area contributed by atoms with E-state index in [2.05, 4.69) is 51.3 Å². The van der Waals surface area contributed by atoms with Gasteiger partial charge in [0, 0.05) is 48.2 Å². The van der Waals surface area contributed by atoms with Crippen LogP contribution in [0.2, 0.25) is 0 Å². The molecule has 0 radical (unpaired) electrons. The quantitative estimate of drug-likeness (QED) is 0.861. The number of anilines is 1. The molecule has 2 aliphatic rings. The van der Waals surface area contributed by atoms with Crippen LogP contribution in [0.1, 0.15) is 5.56 Å². The molecule has 1 aromatic carbocycles. The Labute approximate surface area is 116 Å². The zero-order valence-electron chi connectivity index (χ0n) is 10.4. The maximum Gasteiger partial charge on any atom is 0.145 e. The number of Topliss-reactive ketones (excluding diaryl/α,β-unsaturated/α-hetero) is 1. The van der Waals surface area contributed by atoms with Gasteiger partial charge in [0.1, 0.15) is 5.78 Å². The summed E-state index contributed by atoms with van der Waals surface area (Å²) in [5, 5.41) is 3.35. The van der Waals surface area contributed by atoms with Crippen molar-refractivity contribution < 1.29 is 4.79 Å². The van der Waals surface area contributed by atoms with Crippen molar-refractivity contribution in [2.45, 2.75) is 6.92 Å². The fraction of sp³-hybridized carbons (Fsp3) is 0.500. The molecule has 1 N–H and O–H groups in total. The second kappa shape index (κ2) is 4.67. The number of rotatable bonds is 1. The second-order valence-electron chi connectivity index (χ2n) is 5.29. The van der Waals surface area contributed by atoms with E-state index in [0.29, 0.717) is 5.78 Å². The minimum absolute atomic E-state index is 0.168. The van der Waals surface area contributed by atoms with Crippen LogP contribution < -0.4 is 10.2 Å². The number of piperidine rings is 2. The fourth-order valence-corrected chi connectivity index (χ4v) is 3.16. The fourth-order valence-electron chi connectivity index (χ4n) is 2.92. The maximum absolute atomic E-state index is 12.0. The van der Waals surface area contributed by atoms with Crippen LogP contribution in [0, 0.1) is 18.8 Å². The van der Waals surface area contributed by atoms with E-state index in [9.17, 15) is 4.79 Å². The largest absolute Gasteiger partial charge is 0.370 e. The molecule has 2 atom stereocenters. The molecule has 2 bridgehead atoms. The number of carbonyl (C=O) groups excluding carboxylic acids is 1. The Morgan fingerprint density at radius 3 is 2.56 bits per heavy atom. The summed E-state index contributed by atoms with van der Waals surface area (Å²) in [4.78, 5) is 14.4. The van der Waals surface area contributed by atoms with Gasteiger partial charge in [0.05, 0.1) is 0 Å². The molecule has 96 valence electrons. The van der Waals surface area contributed by atoms with Crippen LogP contribution in [0.15, 0.2) is 22.7 Å². The highest BCUT2D eigenvalue weighted by Crippen LogP contribution is 2.28. The molecule has 2 saturated heterocycles. The van der Waals surface area contributed by atoms with E-state index in [0.717, 1.165) is 30.7 Å². The van der Waals surface area contributed by atoms with Gasteiger partial charge in [0.25, 0.3) is 0 Å². The van der Waals surface area contributed by atoms with Gasteiger partial charge in [-0.1, -0.05) is 15.9 Å². The Hall–Kier alpha value is -0.870. The molecular weight excluding hydrogens is 292 g/mol. The summed E-state index contributed by atoms with van der Waals surface area (Å²) in [6.07, 6.45) is 0. The minimum Gasteiger partial charge on any atom is -0.370 e. The Morgan fingerprint density at radius 1 is 1.28 bits per heavy atom. The van der Waals surface area contributed by atoms with Crippen LogP contribution in [-0.2, 0) is 4.79 Å². The van der Waals surface area contributed by atoms with Gasteiger partial charge in [-0.05, 0) is 30.7 Å². The lowest BCUT2D eigenvalue weighted by Gasteiger charge is -2.41. The highest BCUT2D eigenvalue weighted by Gasteiger charge is 2.37. The van der Waals surface area contributed by atoms with Crippen molar-refractivity contribution >= 4 is 27.4 Å². The molecule has 2 heterocycles. The van der Waals surface area contributed by atoms with Gasteiger partial charge >= 0.3 is 0 Å². The Balaban J connectivity index is 1.85. The number of halogens is 1. The summed E-state index contributed by atoms with van der Waals surface area (Å²) in [6, 6.07) is 6.42. The first-order chi connectivity index (χ1) is 8.65. The van der Waals surface area contributed by atoms with Crippen LogP contribution in [0.5, 0.6) is 0 Å². The Morgan fingerprint density at radius 2 is 1.94 bits per heavy atom. The summed E-state index contributed by atoms with van der Waals surface area (Å²) in [5.74, 6) is 0.793. The summed E-state index contributed by atoms with van der Waals surface area (Å²) in [5.41, 5.74) is 2.48. The zero-order valence-corrected chi connectivity index (χ0v) is 12.0. The molecule has 0 spiro atoms. The summed E-state index contributed by atoms with van der Waals surface area (Å²) >= 11 is 3.53. The van der Waals surface area contributed by atoms with Crippen molar-refractivity contribution in [1.82, 2.24) is 5.32 Å². The van der Waals surface area contributed by atoms with Crippen LogP contribution in [0.4, 0.5) is 5.69 Å². The molecule has 3 nitrogen and oxygen atoms in total. The van der Waals surface area contributed by atoms with Gasteiger partial charge in [0.15, 0.2) is 0 Å². The Kier molecular flexibility index (Phi) is 3.16. The number of fused-ring (bicyclic) bond motifs is 2. The summed E-state index contributed by atoms with van der Waals surface area (Å²) in [6.45, 7) is 5.47. The topological polar surface area (TPSA) is 32.3 Å². The number of aryl methyl sites for hydroxylation is 1. The number of carbonyl (C=O) groups is 1. The average Bonchev–Trinajstić information content (AvgIpc) is 2.32. The predicted molar refractivity (Wildman–Crippen MR) is 75.9 cm³/mol. The van der Waals surface area contributed by atoms with Crippen LogP contribution in [-0.4, -0.2) is 32.0 Å². The lowest BCUT2D eigenvalue weighted by atomic mass is 9.84.